The topological polar surface area (TPSA) is 55.2 Å². The lowest BCUT2D eigenvalue weighted by Gasteiger charge is -2.23. The number of nitrogens with zero attached hydrogens (tertiary/aromatic N) is 3. The molecule has 0 radical (unpaired) electrons. The average molecular weight is 412 g/mol. The molecule has 1 heterocycles. The van der Waals surface area contributed by atoms with Gasteiger partial charge in [-0.25, -0.2) is 8.42 Å². The third kappa shape index (κ3) is 4.77. The molecule has 1 aromatic heterocycles. The monoisotopic (exact) mass is 411 g/mol. The molecule has 3 rings (SSSR count). The first-order valence-corrected chi connectivity index (χ1v) is 11.4. The van der Waals surface area contributed by atoms with Crippen LogP contribution in [0, 0.1) is 20.8 Å². The van der Waals surface area contributed by atoms with Crippen LogP contribution in [0.25, 0.3) is 0 Å². The van der Waals surface area contributed by atoms with Crippen molar-refractivity contribution in [2.24, 2.45) is 0 Å². The second-order valence-corrected chi connectivity index (χ2v) is 9.33. The zero-order valence-electron chi connectivity index (χ0n) is 17.6. The molecule has 0 spiro atoms. The minimum Gasteiger partial charge on any atom is -0.270 e. The number of aromatic nitrogens is 2. The highest BCUT2D eigenvalue weighted by Gasteiger charge is 2.26. The van der Waals surface area contributed by atoms with Crippen LogP contribution in [0.5, 0.6) is 0 Å². The van der Waals surface area contributed by atoms with Crippen LogP contribution >= 0.6 is 0 Å². The highest BCUT2D eigenvalue weighted by Crippen LogP contribution is 2.22. The number of rotatable bonds is 8. The van der Waals surface area contributed by atoms with Crippen molar-refractivity contribution in [1.82, 2.24) is 14.1 Å². The summed E-state index contributed by atoms with van der Waals surface area (Å²) < 4.78 is 30.5. The molecule has 0 aliphatic carbocycles. The van der Waals surface area contributed by atoms with Crippen LogP contribution in [0.15, 0.2) is 59.6 Å². The summed E-state index contributed by atoms with van der Waals surface area (Å²) in [7, 11) is -3.63. The van der Waals surface area contributed by atoms with Crippen molar-refractivity contribution in [3.8, 4) is 0 Å². The Morgan fingerprint density at radius 2 is 1.72 bits per heavy atom. The van der Waals surface area contributed by atoms with Crippen molar-refractivity contribution in [3.63, 3.8) is 0 Å². The molecule has 0 saturated heterocycles. The second kappa shape index (κ2) is 8.93. The van der Waals surface area contributed by atoms with Crippen molar-refractivity contribution in [1.29, 1.82) is 0 Å². The van der Waals surface area contributed by atoms with Crippen molar-refractivity contribution in [2.75, 3.05) is 6.54 Å². The Morgan fingerprint density at radius 3 is 2.34 bits per heavy atom. The summed E-state index contributed by atoms with van der Waals surface area (Å²) in [5, 5.41) is 4.38. The van der Waals surface area contributed by atoms with Gasteiger partial charge in [0.15, 0.2) is 0 Å². The Kier molecular flexibility index (Phi) is 6.55. The van der Waals surface area contributed by atoms with E-state index in [1.54, 1.807) is 22.6 Å². The molecular weight excluding hydrogens is 382 g/mol. The first kappa shape index (κ1) is 21.3. The quantitative estimate of drug-likeness (QED) is 0.556. The van der Waals surface area contributed by atoms with E-state index in [4.69, 9.17) is 0 Å². The first-order chi connectivity index (χ1) is 13.8. The van der Waals surface area contributed by atoms with Crippen molar-refractivity contribution < 1.29 is 8.42 Å². The number of hydrogen-bond donors (Lipinski definition) is 0. The highest BCUT2D eigenvalue weighted by atomic mass is 32.2. The van der Waals surface area contributed by atoms with Gasteiger partial charge >= 0.3 is 0 Å². The van der Waals surface area contributed by atoms with Crippen LogP contribution in [-0.2, 0) is 29.5 Å². The van der Waals surface area contributed by atoms with E-state index < -0.39 is 10.0 Å². The lowest BCUT2D eigenvalue weighted by atomic mass is 10.1. The van der Waals surface area contributed by atoms with Crippen LogP contribution < -0.4 is 0 Å². The highest BCUT2D eigenvalue weighted by molar-refractivity contribution is 7.89. The first-order valence-electron chi connectivity index (χ1n) is 9.95. The molecule has 154 valence electrons. The largest absolute Gasteiger partial charge is 0.270 e. The molecule has 0 aliphatic heterocycles. The average Bonchev–Trinajstić information content (AvgIpc) is 3.07. The van der Waals surface area contributed by atoms with E-state index in [2.05, 4.69) is 5.10 Å². The van der Waals surface area contributed by atoms with E-state index in [9.17, 15) is 8.42 Å². The van der Waals surface area contributed by atoms with Gasteiger partial charge in [-0.3, -0.25) is 4.68 Å². The van der Waals surface area contributed by atoms with E-state index >= 15 is 0 Å². The minimum absolute atomic E-state index is 0.313. The molecule has 0 saturated carbocycles. The number of benzene rings is 2. The van der Waals surface area contributed by atoms with Gasteiger partial charge in [-0.1, -0.05) is 36.4 Å². The van der Waals surface area contributed by atoms with Crippen LogP contribution in [0.1, 0.15) is 34.9 Å². The molecule has 2 aromatic carbocycles. The Bertz CT molecular complexity index is 1070. The van der Waals surface area contributed by atoms with Crippen molar-refractivity contribution >= 4 is 10.0 Å². The maximum absolute atomic E-state index is 13.5. The van der Waals surface area contributed by atoms with Gasteiger partial charge in [0.2, 0.25) is 10.0 Å². The Hall–Kier alpha value is -2.44. The molecule has 5 nitrogen and oxygen atoms in total. The molecular formula is C23H29N3O2S. The summed E-state index contributed by atoms with van der Waals surface area (Å²) in [6.45, 7) is 9.44. The third-order valence-corrected chi connectivity index (χ3v) is 7.30. The van der Waals surface area contributed by atoms with E-state index in [1.165, 1.54) is 0 Å². The molecule has 29 heavy (non-hydrogen) atoms. The molecule has 6 heteroatoms. The lowest BCUT2D eigenvalue weighted by Crippen LogP contribution is -2.33. The molecule has 0 unspecified atom stereocenters. The molecule has 0 bridgehead atoms. The molecule has 0 atom stereocenters. The van der Waals surface area contributed by atoms with Gasteiger partial charge in [0.1, 0.15) is 0 Å². The summed E-state index contributed by atoms with van der Waals surface area (Å²) >= 11 is 0. The van der Waals surface area contributed by atoms with Gasteiger partial charge in [-0.15, -0.1) is 0 Å². The van der Waals surface area contributed by atoms with Gasteiger partial charge in [-0.2, -0.15) is 9.40 Å². The smallest absolute Gasteiger partial charge is 0.243 e. The van der Waals surface area contributed by atoms with Crippen LogP contribution in [0.3, 0.4) is 0 Å². The summed E-state index contributed by atoms with van der Waals surface area (Å²) in [6.07, 6.45) is 2.44. The van der Waals surface area contributed by atoms with Crippen molar-refractivity contribution in [2.45, 2.75) is 52.1 Å². The molecule has 0 aliphatic rings. The summed E-state index contributed by atoms with van der Waals surface area (Å²) in [6, 6.07) is 15.3. The Balaban J connectivity index is 1.93. The second-order valence-electron chi connectivity index (χ2n) is 7.39. The van der Waals surface area contributed by atoms with Gasteiger partial charge in [0, 0.05) is 30.9 Å². The molecule has 0 N–H and O–H groups in total. The standard InChI is InChI=1S/C23H29N3O2S/c1-5-26-20(4)22(16-24-26)17-25(14-13-21-9-7-6-8-10-21)29(27,28)23-12-11-18(2)19(3)15-23/h6-12,15-16H,5,13-14,17H2,1-4H3. The molecule has 3 aromatic rings. The van der Waals surface area contributed by atoms with Crippen LogP contribution in [-0.4, -0.2) is 29.0 Å². The lowest BCUT2D eigenvalue weighted by molar-refractivity contribution is 0.408. The maximum Gasteiger partial charge on any atom is 0.243 e. The van der Waals surface area contributed by atoms with E-state index in [0.29, 0.717) is 24.4 Å². The van der Waals surface area contributed by atoms with E-state index in [1.807, 2.05) is 68.8 Å². The minimum atomic E-state index is -3.63. The van der Waals surface area contributed by atoms with Gasteiger partial charge in [0.25, 0.3) is 0 Å². The van der Waals surface area contributed by atoms with E-state index in [-0.39, 0.29) is 0 Å². The van der Waals surface area contributed by atoms with Crippen LogP contribution in [0.2, 0.25) is 0 Å². The summed E-state index contributed by atoms with van der Waals surface area (Å²) in [4.78, 5) is 0.342. The summed E-state index contributed by atoms with van der Waals surface area (Å²) in [5.41, 5.74) is 5.12. The fourth-order valence-corrected chi connectivity index (χ4v) is 4.86. The Morgan fingerprint density at radius 1 is 1.00 bits per heavy atom. The summed E-state index contributed by atoms with van der Waals surface area (Å²) in [5.74, 6) is 0. The molecule has 0 fully saturated rings. The third-order valence-electron chi connectivity index (χ3n) is 5.46. The Labute approximate surface area is 174 Å². The number of hydrogen-bond acceptors (Lipinski definition) is 3. The maximum atomic E-state index is 13.5. The van der Waals surface area contributed by atoms with Crippen molar-refractivity contribution in [3.05, 3.63) is 82.7 Å². The fourth-order valence-electron chi connectivity index (χ4n) is 3.36. The normalized spacial score (nSPS) is 11.9. The van der Waals surface area contributed by atoms with Gasteiger partial charge in [-0.05, 0) is 62.9 Å². The van der Waals surface area contributed by atoms with Gasteiger partial charge in [0.05, 0.1) is 11.1 Å². The SMILES string of the molecule is CCn1ncc(CN(CCc2ccccc2)S(=O)(=O)c2ccc(C)c(C)c2)c1C. The van der Waals surface area contributed by atoms with E-state index in [0.717, 1.165) is 34.5 Å². The van der Waals surface area contributed by atoms with Gasteiger partial charge < -0.3 is 0 Å². The predicted octanol–water partition coefficient (Wildman–Crippen LogP) is 4.26. The molecule has 0 amide bonds. The number of sulfonamides is 1. The fraction of sp³-hybridized carbons (Fsp3) is 0.348. The zero-order chi connectivity index (χ0) is 21.0. The zero-order valence-corrected chi connectivity index (χ0v) is 18.4. The van der Waals surface area contributed by atoms with Crippen LogP contribution in [0.4, 0.5) is 0 Å². The number of aryl methyl sites for hydroxylation is 3. The predicted molar refractivity (Wildman–Crippen MR) is 116 cm³/mol.